The van der Waals surface area contributed by atoms with Crippen molar-refractivity contribution in [3.05, 3.63) is 12.2 Å². The molecule has 0 heterocycles. The lowest BCUT2D eigenvalue weighted by Gasteiger charge is -2.59. The highest BCUT2D eigenvalue weighted by molar-refractivity contribution is 5.84. The van der Waals surface area contributed by atoms with E-state index in [0.29, 0.717) is 35.5 Å². The summed E-state index contributed by atoms with van der Waals surface area (Å²) in [5.74, 6) is 6.10. The second-order valence-electron chi connectivity index (χ2n) is 13.4. The van der Waals surface area contributed by atoms with Gasteiger partial charge in [0.1, 0.15) is 5.60 Å². The van der Waals surface area contributed by atoms with E-state index < -0.39 is 5.60 Å². The molecule has 4 nitrogen and oxygen atoms in total. The summed E-state index contributed by atoms with van der Waals surface area (Å²) in [7, 11) is 0. The minimum atomic E-state index is -1.22. The fourth-order valence-corrected chi connectivity index (χ4v) is 10.3. The number of hydrogen-bond acceptors (Lipinski definition) is 4. The quantitative estimate of drug-likeness (QED) is 0.346. The normalized spacial score (nSPS) is 53.7. The van der Waals surface area contributed by atoms with Crippen LogP contribution in [0.5, 0.6) is 0 Å². The van der Waals surface area contributed by atoms with E-state index in [1.807, 2.05) is 0 Å². The lowest BCUT2D eigenvalue weighted by atomic mass is 9.50. The second kappa shape index (κ2) is 6.42. The van der Waals surface area contributed by atoms with Crippen LogP contribution in [-0.2, 0) is 19.1 Å². The van der Waals surface area contributed by atoms with Crippen LogP contribution in [0.3, 0.4) is 0 Å². The van der Waals surface area contributed by atoms with Gasteiger partial charge in [-0.1, -0.05) is 12.2 Å². The monoisotopic (exact) mass is 438 g/mol. The number of fused-ring (bicyclic) bond motifs is 9. The van der Waals surface area contributed by atoms with E-state index in [1.165, 1.54) is 44.9 Å². The Morgan fingerprint density at radius 2 is 1.47 bits per heavy atom. The van der Waals surface area contributed by atoms with Gasteiger partial charge in [-0.3, -0.25) is 4.79 Å². The molecule has 4 heteroatoms. The van der Waals surface area contributed by atoms with E-state index in [2.05, 4.69) is 19.1 Å². The van der Waals surface area contributed by atoms with E-state index in [9.17, 15) is 9.59 Å². The van der Waals surface area contributed by atoms with Crippen LogP contribution in [0, 0.1) is 65.1 Å². The van der Waals surface area contributed by atoms with Crippen LogP contribution in [0.15, 0.2) is 12.2 Å². The maximum absolute atomic E-state index is 13.4. The lowest BCUT2D eigenvalue weighted by Crippen LogP contribution is -2.59. The molecule has 0 spiro atoms. The molecule has 8 aliphatic rings. The van der Waals surface area contributed by atoms with Gasteiger partial charge in [0.05, 0.1) is 5.92 Å². The van der Waals surface area contributed by atoms with Crippen molar-refractivity contribution in [2.45, 2.75) is 83.3 Å². The molecule has 7 fully saturated rings. The summed E-state index contributed by atoms with van der Waals surface area (Å²) in [6.45, 7) is 5.64. The third-order valence-electron chi connectivity index (χ3n) is 11.5. The molecule has 0 aliphatic heterocycles. The summed E-state index contributed by atoms with van der Waals surface area (Å²) in [6, 6.07) is 0. The zero-order valence-corrected chi connectivity index (χ0v) is 19.8. The zero-order chi connectivity index (χ0) is 22.0. The predicted octanol–water partition coefficient (Wildman–Crippen LogP) is 5.16. The molecule has 32 heavy (non-hydrogen) atoms. The Hall–Kier alpha value is -1.32. The van der Waals surface area contributed by atoms with Gasteiger partial charge in [-0.2, -0.15) is 0 Å². The third-order valence-corrected chi connectivity index (χ3v) is 11.5. The van der Waals surface area contributed by atoms with Gasteiger partial charge in [-0.05, 0) is 131 Å². The van der Waals surface area contributed by atoms with Crippen LogP contribution in [0.25, 0.3) is 0 Å². The smallest absolute Gasteiger partial charge is 0.350 e. The number of rotatable bonds is 4. The summed E-state index contributed by atoms with van der Waals surface area (Å²) in [4.78, 5) is 26.7. The van der Waals surface area contributed by atoms with Gasteiger partial charge >= 0.3 is 11.9 Å². The molecule has 8 rings (SSSR count). The first-order valence-electron chi connectivity index (χ1n) is 13.4. The van der Waals surface area contributed by atoms with E-state index in [1.54, 1.807) is 13.8 Å². The molecule has 0 amide bonds. The fraction of sp³-hybridized carbons (Fsp3) is 0.857. The van der Waals surface area contributed by atoms with Gasteiger partial charge in [0.2, 0.25) is 5.60 Å². The van der Waals surface area contributed by atoms with Gasteiger partial charge < -0.3 is 9.47 Å². The first-order valence-corrected chi connectivity index (χ1v) is 13.4. The fourth-order valence-electron chi connectivity index (χ4n) is 10.3. The molecule has 174 valence electrons. The largest absolute Gasteiger partial charge is 0.456 e. The third kappa shape index (κ3) is 2.61. The van der Waals surface area contributed by atoms with Crippen molar-refractivity contribution < 1.29 is 19.1 Å². The van der Waals surface area contributed by atoms with Gasteiger partial charge in [0.15, 0.2) is 0 Å². The van der Waals surface area contributed by atoms with Crippen molar-refractivity contribution in [2.75, 3.05) is 0 Å². The Morgan fingerprint density at radius 3 is 2.12 bits per heavy atom. The summed E-state index contributed by atoms with van der Waals surface area (Å²) < 4.78 is 12.3. The van der Waals surface area contributed by atoms with E-state index >= 15 is 0 Å². The summed E-state index contributed by atoms with van der Waals surface area (Å²) >= 11 is 0. The van der Waals surface area contributed by atoms with Crippen molar-refractivity contribution in [3.63, 3.8) is 0 Å². The summed E-state index contributed by atoms with van der Waals surface area (Å²) in [6.07, 6.45) is 14.4. The van der Waals surface area contributed by atoms with Crippen LogP contribution in [0.4, 0.5) is 0 Å². The van der Waals surface area contributed by atoms with Crippen molar-refractivity contribution in [1.29, 1.82) is 0 Å². The van der Waals surface area contributed by atoms with E-state index in [4.69, 9.17) is 9.47 Å². The van der Waals surface area contributed by atoms with Crippen LogP contribution < -0.4 is 0 Å². The van der Waals surface area contributed by atoms with Crippen molar-refractivity contribution in [2.24, 2.45) is 65.1 Å². The molecule has 7 unspecified atom stereocenters. The molecular weight excluding hydrogens is 400 g/mol. The van der Waals surface area contributed by atoms with Gasteiger partial charge in [0, 0.05) is 0 Å². The van der Waals surface area contributed by atoms with Crippen LogP contribution in [-0.4, -0.2) is 23.1 Å². The summed E-state index contributed by atoms with van der Waals surface area (Å²) in [5.41, 5.74) is -1.60. The maximum Gasteiger partial charge on any atom is 0.350 e. The number of hydrogen-bond donors (Lipinski definition) is 0. The topological polar surface area (TPSA) is 52.6 Å². The van der Waals surface area contributed by atoms with Crippen LogP contribution in [0.2, 0.25) is 0 Å². The Labute approximate surface area is 191 Å². The maximum atomic E-state index is 13.4. The standard InChI is InChI=1S/C28H38O4/c1-27(2,26(30)32-28(3)19-7-14-6-15(9-19)10-20(28)8-14)31-25(29)22-13-18-12-21(22)24-17-5-4-16(11-17)23(18)24/h4-5,14-24H,6-13H2,1-3H3. The molecule has 0 aromatic heterocycles. The highest BCUT2D eigenvalue weighted by atomic mass is 16.6. The van der Waals surface area contributed by atoms with Gasteiger partial charge in [0.25, 0.3) is 0 Å². The molecular formula is C28H38O4. The highest BCUT2D eigenvalue weighted by Crippen LogP contribution is 2.67. The second-order valence-corrected chi connectivity index (χ2v) is 13.4. The zero-order valence-electron chi connectivity index (χ0n) is 19.8. The highest BCUT2D eigenvalue weighted by Gasteiger charge is 2.63. The average Bonchev–Trinajstić information content (AvgIpc) is 3.50. The molecule has 7 atom stereocenters. The molecule has 8 bridgehead atoms. The van der Waals surface area contributed by atoms with Crippen molar-refractivity contribution in [3.8, 4) is 0 Å². The van der Waals surface area contributed by atoms with Gasteiger partial charge in [-0.25, -0.2) is 4.79 Å². The Balaban J connectivity index is 1.03. The van der Waals surface area contributed by atoms with E-state index in [-0.39, 0.29) is 23.5 Å². The predicted molar refractivity (Wildman–Crippen MR) is 119 cm³/mol. The molecule has 8 aliphatic carbocycles. The van der Waals surface area contributed by atoms with E-state index in [0.717, 1.165) is 30.1 Å². The molecule has 0 aromatic carbocycles. The lowest BCUT2D eigenvalue weighted by molar-refractivity contribution is -0.221. The minimum absolute atomic E-state index is 0.0298. The number of esters is 2. The number of allylic oxidation sites excluding steroid dienone is 2. The minimum Gasteiger partial charge on any atom is -0.456 e. The number of ether oxygens (including phenoxy) is 2. The Kier molecular flexibility index (Phi) is 4.03. The molecule has 0 N–H and O–H groups in total. The molecule has 7 saturated carbocycles. The number of carbonyl (C=O) groups is 2. The first-order chi connectivity index (χ1) is 15.2. The summed E-state index contributed by atoms with van der Waals surface area (Å²) in [5, 5.41) is 0. The van der Waals surface area contributed by atoms with Crippen LogP contribution in [0.1, 0.15) is 72.1 Å². The average molecular weight is 439 g/mol. The first kappa shape index (κ1) is 20.1. The molecule has 0 radical (unpaired) electrons. The van der Waals surface area contributed by atoms with Crippen molar-refractivity contribution >= 4 is 11.9 Å². The van der Waals surface area contributed by atoms with Gasteiger partial charge in [-0.15, -0.1) is 0 Å². The van der Waals surface area contributed by atoms with Crippen molar-refractivity contribution in [1.82, 2.24) is 0 Å². The number of carbonyl (C=O) groups excluding carboxylic acids is 2. The molecule has 0 aromatic rings. The Morgan fingerprint density at radius 1 is 0.844 bits per heavy atom. The Bertz CT molecular complexity index is 858. The molecule has 0 saturated heterocycles. The SMILES string of the molecule is CC(C)(OC(=O)C1CC2CC1C1C3C=CC(C3)C21)C(=O)OC1(C)C2CC3CC(C2)CC1C3. The van der Waals surface area contributed by atoms with Crippen LogP contribution >= 0.6 is 0 Å².